The Bertz CT molecular complexity index is 631. The van der Waals surface area contributed by atoms with Crippen LogP contribution >= 0.6 is 22.7 Å². The highest BCUT2D eigenvalue weighted by atomic mass is 32.1. The maximum atomic E-state index is 6.38. The van der Waals surface area contributed by atoms with Crippen molar-refractivity contribution in [1.82, 2.24) is 0 Å². The zero-order chi connectivity index (χ0) is 14.3. The van der Waals surface area contributed by atoms with Gasteiger partial charge in [-0.3, -0.25) is 0 Å². The van der Waals surface area contributed by atoms with Crippen molar-refractivity contribution in [2.24, 2.45) is 11.5 Å². The van der Waals surface area contributed by atoms with Crippen molar-refractivity contribution >= 4 is 33.8 Å². The molecule has 0 radical (unpaired) electrons. The number of thiophene rings is 2. The number of rotatable bonds is 2. The van der Waals surface area contributed by atoms with Crippen LogP contribution in [0.4, 0.5) is 0 Å². The third kappa shape index (κ3) is 2.40. The summed E-state index contributed by atoms with van der Waals surface area (Å²) in [6.45, 7) is 4.20. The quantitative estimate of drug-likeness (QED) is 0.891. The van der Waals surface area contributed by atoms with Crippen LogP contribution in [0.1, 0.15) is 20.9 Å². The molecule has 2 atom stereocenters. The molecule has 0 aromatic carbocycles. The topological polar surface area (TPSA) is 52.0 Å². The minimum atomic E-state index is -0.143. The molecule has 4 heteroatoms. The lowest BCUT2D eigenvalue weighted by molar-refractivity contribution is 0.731. The van der Waals surface area contributed by atoms with Crippen LogP contribution in [-0.4, -0.2) is 12.1 Å². The summed E-state index contributed by atoms with van der Waals surface area (Å²) in [6, 6.07) is 4.07. The van der Waals surface area contributed by atoms with E-state index in [1.807, 2.05) is 0 Å². The molecule has 0 saturated heterocycles. The van der Waals surface area contributed by atoms with Crippen molar-refractivity contribution in [3.8, 4) is 0 Å². The predicted octanol–water partition coefficient (Wildman–Crippen LogP) is 3.56. The summed E-state index contributed by atoms with van der Waals surface area (Å²) in [5.74, 6) is 0. The van der Waals surface area contributed by atoms with Crippen LogP contribution in [-0.2, 0) is 0 Å². The average Bonchev–Trinajstić information content (AvgIpc) is 3.02. The molecule has 2 nitrogen and oxygen atoms in total. The van der Waals surface area contributed by atoms with Gasteiger partial charge in [-0.25, -0.2) is 0 Å². The second-order valence-corrected chi connectivity index (χ2v) is 7.09. The van der Waals surface area contributed by atoms with Crippen molar-refractivity contribution in [2.75, 3.05) is 0 Å². The lowest BCUT2D eigenvalue weighted by Crippen LogP contribution is -2.44. The van der Waals surface area contributed by atoms with Crippen molar-refractivity contribution < 1.29 is 0 Å². The summed E-state index contributed by atoms with van der Waals surface area (Å²) in [6.07, 6.45) is 4.26. The lowest BCUT2D eigenvalue weighted by Gasteiger charge is -2.27. The van der Waals surface area contributed by atoms with E-state index in [9.17, 15) is 0 Å². The molecular formula is C16H18N2S2. The van der Waals surface area contributed by atoms with E-state index in [0.717, 1.165) is 11.1 Å². The molecule has 4 N–H and O–H groups in total. The molecule has 2 aromatic heterocycles. The molecule has 104 valence electrons. The molecule has 1 aliphatic rings. The van der Waals surface area contributed by atoms with E-state index in [2.05, 4.69) is 48.9 Å². The molecule has 0 spiro atoms. The van der Waals surface area contributed by atoms with Gasteiger partial charge in [0.2, 0.25) is 0 Å². The van der Waals surface area contributed by atoms with E-state index in [-0.39, 0.29) is 12.1 Å². The maximum absolute atomic E-state index is 6.38. The molecule has 3 rings (SSSR count). The Kier molecular flexibility index (Phi) is 3.65. The molecule has 1 aliphatic carbocycles. The Hall–Kier alpha value is -1.20. The Morgan fingerprint density at radius 2 is 1.20 bits per heavy atom. The van der Waals surface area contributed by atoms with E-state index in [4.69, 9.17) is 11.5 Å². The third-order valence-corrected chi connectivity index (χ3v) is 5.77. The van der Waals surface area contributed by atoms with Gasteiger partial charge in [-0.05, 0) is 59.0 Å². The first-order valence-electron chi connectivity index (χ1n) is 6.60. The molecule has 2 unspecified atom stereocenters. The largest absolute Gasteiger partial charge is 0.322 e. The average molecular weight is 302 g/mol. The number of hydrogen-bond donors (Lipinski definition) is 2. The summed E-state index contributed by atoms with van der Waals surface area (Å²) in [5.41, 5.74) is 17.6. The lowest BCUT2D eigenvalue weighted by atomic mass is 9.87. The molecule has 20 heavy (non-hydrogen) atoms. The fraction of sp³-hybridized carbons (Fsp3) is 0.250. The summed E-state index contributed by atoms with van der Waals surface area (Å²) in [7, 11) is 0. The Morgan fingerprint density at radius 3 is 1.50 bits per heavy atom. The summed E-state index contributed by atoms with van der Waals surface area (Å²) < 4.78 is 0. The van der Waals surface area contributed by atoms with E-state index in [1.54, 1.807) is 22.7 Å². The molecule has 2 heterocycles. The number of hydrogen-bond acceptors (Lipinski definition) is 4. The van der Waals surface area contributed by atoms with Crippen molar-refractivity contribution in [3.63, 3.8) is 0 Å². The fourth-order valence-corrected chi connectivity index (χ4v) is 4.40. The van der Waals surface area contributed by atoms with E-state index in [1.165, 1.54) is 20.9 Å². The zero-order valence-electron chi connectivity index (χ0n) is 11.6. The summed E-state index contributed by atoms with van der Waals surface area (Å²) >= 11 is 3.47. The first-order chi connectivity index (χ1) is 9.56. The Labute approximate surface area is 127 Å². The predicted molar refractivity (Wildman–Crippen MR) is 90.0 cm³/mol. The number of aryl methyl sites for hydroxylation is 2. The van der Waals surface area contributed by atoms with E-state index in [0.29, 0.717) is 0 Å². The molecule has 0 fully saturated rings. The van der Waals surface area contributed by atoms with Crippen molar-refractivity contribution in [3.05, 3.63) is 55.9 Å². The van der Waals surface area contributed by atoms with Crippen LogP contribution in [0.5, 0.6) is 0 Å². The third-order valence-electron chi connectivity index (χ3n) is 3.58. The van der Waals surface area contributed by atoms with Gasteiger partial charge in [0.25, 0.3) is 0 Å². The van der Waals surface area contributed by atoms with E-state index < -0.39 is 0 Å². The van der Waals surface area contributed by atoms with Gasteiger partial charge in [0.05, 0.1) is 12.1 Å². The molecule has 0 saturated carbocycles. The van der Waals surface area contributed by atoms with Crippen molar-refractivity contribution in [2.45, 2.75) is 25.9 Å². The highest BCUT2D eigenvalue weighted by Gasteiger charge is 2.27. The van der Waals surface area contributed by atoms with Crippen LogP contribution in [0.15, 0.2) is 35.0 Å². The Morgan fingerprint density at radius 1 is 0.800 bits per heavy atom. The monoisotopic (exact) mass is 302 g/mol. The smallest absolute Gasteiger partial charge is 0.0505 e. The Balaban J connectivity index is 2.00. The van der Waals surface area contributed by atoms with E-state index >= 15 is 0 Å². The van der Waals surface area contributed by atoms with Crippen LogP contribution in [0, 0.1) is 13.8 Å². The molecule has 0 amide bonds. The highest BCUT2D eigenvalue weighted by Crippen LogP contribution is 2.35. The normalized spacial score (nSPS) is 22.6. The van der Waals surface area contributed by atoms with Crippen LogP contribution in [0.3, 0.4) is 0 Å². The summed E-state index contributed by atoms with van der Waals surface area (Å²) in [4.78, 5) is 2.45. The second-order valence-electron chi connectivity index (χ2n) is 5.27. The van der Waals surface area contributed by atoms with Gasteiger partial charge in [-0.15, -0.1) is 22.7 Å². The minimum absolute atomic E-state index is 0.143. The van der Waals surface area contributed by atoms with Gasteiger partial charge in [0, 0.05) is 9.75 Å². The van der Waals surface area contributed by atoms with Crippen LogP contribution in [0.2, 0.25) is 0 Å². The molecule has 0 aliphatic heterocycles. The SMILES string of the molecule is Cc1csc(C2=CC=C(c3cc(C)cs3)C(N)C2N)c1. The summed E-state index contributed by atoms with van der Waals surface area (Å²) in [5, 5.41) is 4.30. The van der Waals surface area contributed by atoms with Crippen LogP contribution in [0.25, 0.3) is 11.1 Å². The fourth-order valence-electron chi connectivity index (χ4n) is 2.45. The van der Waals surface area contributed by atoms with Gasteiger partial charge < -0.3 is 11.5 Å². The van der Waals surface area contributed by atoms with Gasteiger partial charge >= 0.3 is 0 Å². The van der Waals surface area contributed by atoms with Crippen molar-refractivity contribution in [1.29, 1.82) is 0 Å². The molecule has 0 bridgehead atoms. The second kappa shape index (κ2) is 5.30. The van der Waals surface area contributed by atoms with Crippen LogP contribution < -0.4 is 11.5 Å². The van der Waals surface area contributed by atoms with Gasteiger partial charge in [0.15, 0.2) is 0 Å². The minimum Gasteiger partial charge on any atom is -0.322 e. The maximum Gasteiger partial charge on any atom is 0.0505 e. The molecular weight excluding hydrogens is 284 g/mol. The molecule has 2 aromatic rings. The highest BCUT2D eigenvalue weighted by molar-refractivity contribution is 7.11. The van der Waals surface area contributed by atoms with Gasteiger partial charge in [0.1, 0.15) is 0 Å². The standard InChI is InChI=1S/C16H18N2S2/c1-9-5-13(19-7-9)11-3-4-12(16(18)15(11)17)14-6-10(2)8-20-14/h3-8,15-16H,17-18H2,1-2H3. The first-order valence-corrected chi connectivity index (χ1v) is 8.36. The van der Waals surface area contributed by atoms with Gasteiger partial charge in [-0.2, -0.15) is 0 Å². The zero-order valence-corrected chi connectivity index (χ0v) is 13.2. The van der Waals surface area contributed by atoms with Gasteiger partial charge in [-0.1, -0.05) is 12.2 Å². The number of allylic oxidation sites excluding steroid dienone is 2. The number of nitrogens with two attached hydrogens (primary N) is 2. The first kappa shape index (κ1) is 13.8.